The van der Waals surface area contributed by atoms with Gasteiger partial charge in [0, 0.05) is 19.6 Å². The normalized spacial score (nSPS) is 18.7. The number of carboxylic acid groups (broad SMARTS) is 1. The van der Waals surface area contributed by atoms with Crippen LogP contribution in [0.3, 0.4) is 0 Å². The van der Waals surface area contributed by atoms with E-state index in [9.17, 15) is 18.0 Å². The number of hydrogen-bond acceptors (Lipinski definition) is 4. The SMILES string of the molecule is CCCN(CC(=O)O)C(=O)C1CCCN(S(=O)(=O)c2ccccc2)C1. The molecule has 8 heteroatoms. The third-order valence-corrected chi connectivity index (χ3v) is 6.13. The van der Waals surface area contributed by atoms with E-state index in [0.29, 0.717) is 32.4 Å². The molecule has 0 spiro atoms. The zero-order chi connectivity index (χ0) is 18.4. The summed E-state index contributed by atoms with van der Waals surface area (Å²) in [5.74, 6) is -1.85. The fraction of sp³-hybridized carbons (Fsp3) is 0.529. The highest BCUT2D eigenvalue weighted by atomic mass is 32.2. The van der Waals surface area contributed by atoms with Gasteiger partial charge in [-0.1, -0.05) is 25.1 Å². The molecule has 0 aromatic heterocycles. The van der Waals surface area contributed by atoms with Crippen molar-refractivity contribution >= 4 is 21.9 Å². The van der Waals surface area contributed by atoms with E-state index in [0.717, 1.165) is 0 Å². The van der Waals surface area contributed by atoms with Crippen LogP contribution in [0.1, 0.15) is 26.2 Å². The maximum absolute atomic E-state index is 12.7. The molecule has 1 aromatic rings. The first-order valence-electron chi connectivity index (χ1n) is 8.42. The van der Waals surface area contributed by atoms with Crippen molar-refractivity contribution in [3.05, 3.63) is 30.3 Å². The van der Waals surface area contributed by atoms with Crippen LogP contribution in [0.4, 0.5) is 0 Å². The number of amides is 1. The topological polar surface area (TPSA) is 95.0 Å². The first-order valence-corrected chi connectivity index (χ1v) is 9.86. The van der Waals surface area contributed by atoms with Crippen molar-refractivity contribution in [2.75, 3.05) is 26.2 Å². The maximum atomic E-state index is 12.7. The number of hydrogen-bond donors (Lipinski definition) is 1. The smallest absolute Gasteiger partial charge is 0.323 e. The number of carbonyl (C=O) groups excluding carboxylic acids is 1. The average molecular weight is 368 g/mol. The van der Waals surface area contributed by atoms with Gasteiger partial charge in [0.15, 0.2) is 0 Å². The van der Waals surface area contributed by atoms with Crippen molar-refractivity contribution in [2.45, 2.75) is 31.1 Å². The molecule has 1 saturated heterocycles. The fourth-order valence-corrected chi connectivity index (χ4v) is 4.61. The van der Waals surface area contributed by atoms with Gasteiger partial charge in [0.1, 0.15) is 6.54 Å². The van der Waals surface area contributed by atoms with Crippen molar-refractivity contribution in [3.8, 4) is 0 Å². The zero-order valence-electron chi connectivity index (χ0n) is 14.3. The van der Waals surface area contributed by atoms with Crippen molar-refractivity contribution in [1.82, 2.24) is 9.21 Å². The Bertz CT molecular complexity index is 705. The second kappa shape index (κ2) is 8.44. The molecular formula is C17H24N2O5S. The Labute approximate surface area is 148 Å². The van der Waals surface area contributed by atoms with Crippen LogP contribution < -0.4 is 0 Å². The second-order valence-corrected chi connectivity index (χ2v) is 8.11. The van der Waals surface area contributed by atoms with Gasteiger partial charge in [-0.3, -0.25) is 9.59 Å². The molecule has 1 aromatic carbocycles. The highest BCUT2D eigenvalue weighted by molar-refractivity contribution is 7.89. The predicted octanol–water partition coefficient (Wildman–Crippen LogP) is 1.41. The van der Waals surface area contributed by atoms with E-state index < -0.39 is 21.9 Å². The maximum Gasteiger partial charge on any atom is 0.323 e. The molecule has 0 radical (unpaired) electrons. The lowest BCUT2D eigenvalue weighted by molar-refractivity contribution is -0.146. The first kappa shape index (κ1) is 19.4. The fourth-order valence-electron chi connectivity index (χ4n) is 3.06. The molecule has 1 unspecified atom stereocenters. The lowest BCUT2D eigenvalue weighted by atomic mass is 9.98. The van der Waals surface area contributed by atoms with E-state index in [-0.39, 0.29) is 23.9 Å². The minimum absolute atomic E-state index is 0.0931. The summed E-state index contributed by atoms with van der Waals surface area (Å²) in [5.41, 5.74) is 0. The molecular weight excluding hydrogens is 344 g/mol. The Morgan fingerprint density at radius 3 is 2.56 bits per heavy atom. The lowest BCUT2D eigenvalue weighted by Crippen LogP contribution is -2.48. The second-order valence-electron chi connectivity index (χ2n) is 6.17. The number of rotatable bonds is 7. The number of sulfonamides is 1. The van der Waals surface area contributed by atoms with Crippen molar-refractivity contribution in [3.63, 3.8) is 0 Å². The van der Waals surface area contributed by atoms with Gasteiger partial charge in [0.25, 0.3) is 0 Å². The highest BCUT2D eigenvalue weighted by Crippen LogP contribution is 2.25. The molecule has 1 fully saturated rings. The molecule has 138 valence electrons. The Morgan fingerprint density at radius 1 is 1.28 bits per heavy atom. The van der Waals surface area contributed by atoms with E-state index in [1.54, 1.807) is 18.2 Å². The van der Waals surface area contributed by atoms with Crippen LogP contribution in [0, 0.1) is 5.92 Å². The van der Waals surface area contributed by atoms with Crippen LogP contribution in [0.5, 0.6) is 0 Å². The summed E-state index contributed by atoms with van der Waals surface area (Å²) in [5, 5.41) is 8.99. The third kappa shape index (κ3) is 4.79. The molecule has 1 heterocycles. The van der Waals surface area contributed by atoms with Gasteiger partial charge in [-0.05, 0) is 31.4 Å². The summed E-state index contributed by atoms with van der Waals surface area (Å²) in [6.07, 6.45) is 1.80. The van der Waals surface area contributed by atoms with Crippen LogP contribution in [-0.4, -0.2) is 60.8 Å². The number of aliphatic carboxylic acids is 1. The summed E-state index contributed by atoms with van der Waals surface area (Å²) in [6.45, 7) is 2.33. The van der Waals surface area contributed by atoms with Crippen LogP contribution in [-0.2, 0) is 19.6 Å². The molecule has 1 aliphatic heterocycles. The van der Waals surface area contributed by atoms with Crippen LogP contribution in [0.25, 0.3) is 0 Å². The minimum Gasteiger partial charge on any atom is -0.480 e. The van der Waals surface area contributed by atoms with Gasteiger partial charge < -0.3 is 10.0 Å². The van der Waals surface area contributed by atoms with E-state index >= 15 is 0 Å². The van der Waals surface area contributed by atoms with E-state index in [2.05, 4.69) is 0 Å². The summed E-state index contributed by atoms with van der Waals surface area (Å²) in [6, 6.07) is 8.14. The molecule has 1 atom stereocenters. The lowest BCUT2D eigenvalue weighted by Gasteiger charge is -2.33. The molecule has 0 aliphatic carbocycles. The van der Waals surface area contributed by atoms with Crippen LogP contribution in [0.2, 0.25) is 0 Å². The predicted molar refractivity (Wildman–Crippen MR) is 92.4 cm³/mol. The molecule has 1 amide bonds. The van der Waals surface area contributed by atoms with Gasteiger partial charge in [-0.15, -0.1) is 0 Å². The first-order chi connectivity index (χ1) is 11.9. The average Bonchev–Trinajstić information content (AvgIpc) is 2.61. The zero-order valence-corrected chi connectivity index (χ0v) is 15.1. The summed E-state index contributed by atoms with van der Waals surface area (Å²) in [7, 11) is -3.64. The molecule has 1 aliphatic rings. The molecule has 7 nitrogen and oxygen atoms in total. The van der Waals surface area contributed by atoms with E-state index in [1.807, 2.05) is 6.92 Å². The molecule has 2 rings (SSSR count). The van der Waals surface area contributed by atoms with Crippen LogP contribution >= 0.6 is 0 Å². The number of piperidine rings is 1. The Kier molecular flexibility index (Phi) is 6.55. The molecule has 0 bridgehead atoms. The van der Waals surface area contributed by atoms with Gasteiger partial charge >= 0.3 is 5.97 Å². The number of benzene rings is 1. The quantitative estimate of drug-likeness (QED) is 0.785. The van der Waals surface area contributed by atoms with E-state index in [4.69, 9.17) is 5.11 Å². The Balaban J connectivity index is 2.14. The van der Waals surface area contributed by atoms with E-state index in [1.165, 1.54) is 21.3 Å². The van der Waals surface area contributed by atoms with Gasteiger partial charge in [0.2, 0.25) is 15.9 Å². The van der Waals surface area contributed by atoms with Gasteiger partial charge in [-0.2, -0.15) is 4.31 Å². The van der Waals surface area contributed by atoms with Crippen molar-refractivity contribution in [2.24, 2.45) is 5.92 Å². The minimum atomic E-state index is -3.64. The monoisotopic (exact) mass is 368 g/mol. The standard InChI is InChI=1S/C17H24N2O5S/c1-2-10-18(13-16(20)21)17(22)14-7-6-11-19(12-14)25(23,24)15-8-4-3-5-9-15/h3-5,8-9,14H,2,6-7,10-13H2,1H3,(H,20,21). The Morgan fingerprint density at radius 2 is 1.96 bits per heavy atom. The number of carboxylic acids is 1. The van der Waals surface area contributed by atoms with Crippen molar-refractivity contribution in [1.29, 1.82) is 0 Å². The van der Waals surface area contributed by atoms with Crippen LogP contribution in [0.15, 0.2) is 35.2 Å². The molecule has 25 heavy (non-hydrogen) atoms. The molecule has 0 saturated carbocycles. The summed E-state index contributed by atoms with van der Waals surface area (Å²) < 4.78 is 26.8. The van der Waals surface area contributed by atoms with Crippen molar-refractivity contribution < 1.29 is 23.1 Å². The third-order valence-electron chi connectivity index (χ3n) is 4.25. The van der Waals surface area contributed by atoms with Gasteiger partial charge in [-0.25, -0.2) is 8.42 Å². The Hall–Kier alpha value is -1.93. The highest BCUT2D eigenvalue weighted by Gasteiger charge is 2.35. The largest absolute Gasteiger partial charge is 0.480 e. The van der Waals surface area contributed by atoms with Gasteiger partial charge in [0.05, 0.1) is 10.8 Å². The number of nitrogens with zero attached hydrogens (tertiary/aromatic N) is 2. The number of carbonyl (C=O) groups is 2. The summed E-state index contributed by atoms with van der Waals surface area (Å²) >= 11 is 0. The molecule has 1 N–H and O–H groups in total. The summed E-state index contributed by atoms with van der Waals surface area (Å²) in [4.78, 5) is 25.2.